The van der Waals surface area contributed by atoms with E-state index in [1.807, 2.05) is 0 Å². The zero-order chi connectivity index (χ0) is 19.9. The van der Waals surface area contributed by atoms with Gasteiger partial charge < -0.3 is 14.8 Å². The van der Waals surface area contributed by atoms with E-state index in [0.29, 0.717) is 16.5 Å². The predicted molar refractivity (Wildman–Crippen MR) is 103 cm³/mol. The number of sulfonamides is 1. The maximum atomic E-state index is 12.5. The number of nitrogens with zero attached hydrogens (tertiary/aromatic N) is 1. The molecule has 0 fully saturated rings. The molecule has 0 aromatic heterocycles. The summed E-state index contributed by atoms with van der Waals surface area (Å²) in [5, 5.41) is 3.09. The van der Waals surface area contributed by atoms with Crippen LogP contribution in [0, 0.1) is 0 Å². The van der Waals surface area contributed by atoms with Gasteiger partial charge in [-0.2, -0.15) is 4.31 Å². The highest BCUT2D eigenvalue weighted by molar-refractivity contribution is 7.89. The fourth-order valence-corrected chi connectivity index (χ4v) is 3.50. The van der Waals surface area contributed by atoms with Crippen LogP contribution in [0.3, 0.4) is 0 Å². The topological polar surface area (TPSA) is 84.9 Å². The largest absolute Gasteiger partial charge is 0.497 e. The predicted octanol–water partition coefficient (Wildman–Crippen LogP) is 2.16. The maximum Gasteiger partial charge on any atom is 0.243 e. The van der Waals surface area contributed by atoms with Crippen LogP contribution >= 0.6 is 11.6 Å². The zero-order valence-corrected chi connectivity index (χ0v) is 16.6. The van der Waals surface area contributed by atoms with Gasteiger partial charge >= 0.3 is 0 Å². The van der Waals surface area contributed by atoms with Gasteiger partial charge in [0.15, 0.2) is 0 Å². The first-order valence-corrected chi connectivity index (χ1v) is 9.91. The summed E-state index contributed by atoms with van der Waals surface area (Å²) in [5.74, 6) is 0.637. The third-order valence-corrected chi connectivity index (χ3v) is 5.78. The molecule has 0 unspecified atom stereocenters. The molecule has 2 aromatic rings. The highest BCUT2D eigenvalue weighted by atomic mass is 35.5. The molecule has 0 saturated heterocycles. The van der Waals surface area contributed by atoms with E-state index in [-0.39, 0.29) is 24.6 Å². The van der Waals surface area contributed by atoms with Crippen molar-refractivity contribution in [3.05, 3.63) is 53.6 Å². The molecule has 2 aromatic carbocycles. The Morgan fingerprint density at radius 1 is 1.15 bits per heavy atom. The highest BCUT2D eigenvalue weighted by Gasteiger charge is 2.22. The number of benzene rings is 2. The molecule has 0 aliphatic carbocycles. The first-order valence-electron chi connectivity index (χ1n) is 8.09. The van der Waals surface area contributed by atoms with Crippen LogP contribution in [-0.4, -0.2) is 52.5 Å². The number of hydrogen-bond acceptors (Lipinski definition) is 5. The van der Waals surface area contributed by atoms with Crippen LogP contribution in [0.15, 0.2) is 53.4 Å². The van der Waals surface area contributed by atoms with Crippen LogP contribution in [0.4, 0.5) is 0 Å². The third-order valence-electron chi connectivity index (χ3n) is 3.65. The number of para-hydroxylation sites is 1. The summed E-state index contributed by atoms with van der Waals surface area (Å²) in [6.07, 6.45) is 0. The smallest absolute Gasteiger partial charge is 0.243 e. The number of amides is 1. The van der Waals surface area contributed by atoms with E-state index in [2.05, 4.69) is 5.32 Å². The Labute approximate surface area is 163 Å². The number of methoxy groups -OCH3 is 1. The summed E-state index contributed by atoms with van der Waals surface area (Å²) in [4.78, 5) is 12.1. The molecule has 1 N–H and O–H groups in total. The van der Waals surface area contributed by atoms with Gasteiger partial charge in [-0.25, -0.2) is 8.42 Å². The molecular formula is C18H21ClN2O5S. The van der Waals surface area contributed by atoms with Crippen molar-refractivity contribution in [1.29, 1.82) is 0 Å². The number of hydrogen-bond donors (Lipinski definition) is 1. The van der Waals surface area contributed by atoms with E-state index in [1.54, 1.807) is 36.4 Å². The van der Waals surface area contributed by atoms with E-state index >= 15 is 0 Å². The van der Waals surface area contributed by atoms with Crippen molar-refractivity contribution in [1.82, 2.24) is 9.62 Å². The number of ether oxygens (including phenoxy) is 2. The van der Waals surface area contributed by atoms with Crippen molar-refractivity contribution in [2.24, 2.45) is 0 Å². The standard InChI is InChI=1S/C18H21ClN2O5S/c1-21(27(23,24)15-9-7-14(25-2)8-10-15)13-18(22)20-11-12-26-17-6-4-3-5-16(17)19/h3-10H,11-13H2,1-2H3,(H,20,22). The average Bonchev–Trinajstić information content (AvgIpc) is 2.66. The normalized spacial score (nSPS) is 11.3. The first-order chi connectivity index (χ1) is 12.8. The average molecular weight is 413 g/mol. The second-order valence-electron chi connectivity index (χ2n) is 5.57. The van der Waals surface area contributed by atoms with Gasteiger partial charge in [0.05, 0.1) is 30.1 Å². The molecule has 0 saturated carbocycles. The molecule has 0 atom stereocenters. The van der Waals surface area contributed by atoms with Crippen molar-refractivity contribution in [3.8, 4) is 11.5 Å². The molecule has 1 amide bonds. The minimum Gasteiger partial charge on any atom is -0.497 e. The van der Waals surface area contributed by atoms with E-state index in [0.717, 1.165) is 4.31 Å². The Balaban J connectivity index is 1.82. The van der Waals surface area contributed by atoms with Gasteiger partial charge in [-0.1, -0.05) is 23.7 Å². The van der Waals surface area contributed by atoms with Gasteiger partial charge in [0.25, 0.3) is 0 Å². The second kappa shape index (κ2) is 9.59. The maximum absolute atomic E-state index is 12.5. The third kappa shape index (κ3) is 5.85. The van der Waals surface area contributed by atoms with Crippen molar-refractivity contribution in [2.45, 2.75) is 4.90 Å². The van der Waals surface area contributed by atoms with Crippen molar-refractivity contribution in [3.63, 3.8) is 0 Å². The molecule has 146 valence electrons. The molecule has 9 heteroatoms. The molecule has 0 spiro atoms. The van der Waals surface area contributed by atoms with Crippen molar-refractivity contribution < 1.29 is 22.7 Å². The van der Waals surface area contributed by atoms with Crippen molar-refractivity contribution >= 4 is 27.5 Å². The van der Waals surface area contributed by atoms with Crippen LogP contribution in [0.1, 0.15) is 0 Å². The van der Waals surface area contributed by atoms with Crippen LogP contribution in [0.2, 0.25) is 5.02 Å². The number of carbonyl (C=O) groups is 1. The van der Waals surface area contributed by atoms with Crippen LogP contribution < -0.4 is 14.8 Å². The Bertz CT molecular complexity index is 872. The number of nitrogens with one attached hydrogen (secondary N) is 1. The number of likely N-dealkylation sites (N-methyl/N-ethyl adjacent to an activating group) is 1. The highest BCUT2D eigenvalue weighted by Crippen LogP contribution is 2.22. The summed E-state index contributed by atoms with van der Waals surface area (Å²) in [5.41, 5.74) is 0. The summed E-state index contributed by atoms with van der Waals surface area (Å²) >= 11 is 5.97. The molecule has 0 radical (unpaired) electrons. The Morgan fingerprint density at radius 3 is 2.44 bits per heavy atom. The SMILES string of the molecule is COc1ccc(S(=O)(=O)N(C)CC(=O)NCCOc2ccccc2Cl)cc1. The second-order valence-corrected chi connectivity index (χ2v) is 8.02. The van der Waals surface area contributed by atoms with Gasteiger partial charge in [-0.15, -0.1) is 0 Å². The van der Waals surface area contributed by atoms with E-state index in [1.165, 1.54) is 26.3 Å². The minimum atomic E-state index is -3.77. The van der Waals surface area contributed by atoms with E-state index < -0.39 is 15.9 Å². The number of rotatable bonds is 9. The summed E-state index contributed by atoms with van der Waals surface area (Å²) < 4.78 is 36.4. The quantitative estimate of drug-likeness (QED) is 0.638. The van der Waals surface area contributed by atoms with E-state index in [9.17, 15) is 13.2 Å². The summed E-state index contributed by atoms with van der Waals surface area (Å²) in [6, 6.07) is 13.0. The molecule has 0 aliphatic heterocycles. The fraction of sp³-hybridized carbons (Fsp3) is 0.278. The molecule has 2 rings (SSSR count). The van der Waals surface area contributed by atoms with Gasteiger partial charge in [-0.3, -0.25) is 4.79 Å². The molecule has 7 nitrogen and oxygen atoms in total. The lowest BCUT2D eigenvalue weighted by Gasteiger charge is -2.17. The van der Waals surface area contributed by atoms with Gasteiger partial charge in [0, 0.05) is 7.05 Å². The Hall–Kier alpha value is -2.29. The number of carbonyl (C=O) groups excluding carboxylic acids is 1. The lowest BCUT2D eigenvalue weighted by Crippen LogP contribution is -2.39. The van der Waals surface area contributed by atoms with Gasteiger partial charge in [-0.05, 0) is 36.4 Å². The number of halogens is 1. The van der Waals surface area contributed by atoms with Crippen LogP contribution in [0.25, 0.3) is 0 Å². The van der Waals surface area contributed by atoms with Crippen molar-refractivity contribution in [2.75, 3.05) is 33.9 Å². The Kier molecular flexibility index (Phi) is 7.46. The van der Waals surface area contributed by atoms with Crippen LogP contribution in [0.5, 0.6) is 11.5 Å². The van der Waals surface area contributed by atoms with Gasteiger partial charge in [0.1, 0.15) is 18.1 Å². The fourth-order valence-electron chi connectivity index (χ4n) is 2.18. The molecule has 0 heterocycles. The van der Waals surface area contributed by atoms with E-state index in [4.69, 9.17) is 21.1 Å². The van der Waals surface area contributed by atoms with Crippen LogP contribution in [-0.2, 0) is 14.8 Å². The molecule has 0 aliphatic rings. The van der Waals surface area contributed by atoms with Gasteiger partial charge in [0.2, 0.25) is 15.9 Å². The first kappa shape index (κ1) is 21.0. The molecule has 27 heavy (non-hydrogen) atoms. The zero-order valence-electron chi connectivity index (χ0n) is 15.0. The lowest BCUT2D eigenvalue weighted by molar-refractivity contribution is -0.121. The monoisotopic (exact) mass is 412 g/mol. The Morgan fingerprint density at radius 2 is 1.81 bits per heavy atom. The molecule has 0 bridgehead atoms. The minimum absolute atomic E-state index is 0.0839. The molecular weight excluding hydrogens is 392 g/mol. The summed E-state index contributed by atoms with van der Waals surface area (Å²) in [7, 11) is -0.928. The summed E-state index contributed by atoms with van der Waals surface area (Å²) in [6.45, 7) is 0.130. The lowest BCUT2D eigenvalue weighted by atomic mass is 10.3.